The number of ether oxygens (including phenoxy) is 2. The molecule has 2 heterocycles. The van der Waals surface area contributed by atoms with Crippen molar-refractivity contribution in [1.29, 1.82) is 0 Å². The van der Waals surface area contributed by atoms with Gasteiger partial charge >= 0.3 is 0 Å². The van der Waals surface area contributed by atoms with Crippen LogP contribution in [-0.4, -0.2) is 57.4 Å². The van der Waals surface area contributed by atoms with Gasteiger partial charge in [-0.2, -0.15) is 0 Å². The van der Waals surface area contributed by atoms with E-state index in [9.17, 15) is 4.79 Å². The summed E-state index contributed by atoms with van der Waals surface area (Å²) in [5, 5.41) is 12.0. The van der Waals surface area contributed by atoms with Gasteiger partial charge in [-0.15, -0.1) is 5.10 Å². The summed E-state index contributed by atoms with van der Waals surface area (Å²) in [7, 11) is 3.20. The highest BCUT2D eigenvalue weighted by molar-refractivity contribution is 8.00. The molecule has 0 bridgehead atoms. The second kappa shape index (κ2) is 10.8. The molecule has 9 nitrogen and oxygen atoms in total. The summed E-state index contributed by atoms with van der Waals surface area (Å²) in [5.41, 5.74) is 3.39. The van der Waals surface area contributed by atoms with Crippen LogP contribution in [0.3, 0.4) is 0 Å². The number of methoxy groups -OCH3 is 2. The lowest BCUT2D eigenvalue weighted by molar-refractivity contribution is -0.118. The van der Waals surface area contributed by atoms with Gasteiger partial charge in [0.05, 0.1) is 26.5 Å². The van der Waals surface area contributed by atoms with Gasteiger partial charge in [0.15, 0.2) is 22.7 Å². The lowest BCUT2D eigenvalue weighted by Crippen LogP contribution is -2.27. The van der Waals surface area contributed by atoms with Gasteiger partial charge in [0.1, 0.15) is 11.4 Å². The minimum atomic E-state index is -0.0797. The van der Waals surface area contributed by atoms with E-state index in [1.54, 1.807) is 18.9 Å². The average molecular weight is 465 g/mol. The number of benzene rings is 2. The minimum Gasteiger partial charge on any atom is -0.493 e. The maximum absolute atomic E-state index is 12.4. The zero-order valence-corrected chi connectivity index (χ0v) is 19.2. The highest BCUT2D eigenvalue weighted by Gasteiger charge is 2.14. The second-order valence-corrected chi connectivity index (χ2v) is 8.13. The molecule has 0 spiro atoms. The maximum atomic E-state index is 12.4. The number of carbonyl (C=O) groups excluding carboxylic acids is 1. The highest BCUT2D eigenvalue weighted by Crippen LogP contribution is 2.27. The van der Waals surface area contributed by atoms with Crippen LogP contribution in [0.2, 0.25) is 0 Å². The molecule has 33 heavy (non-hydrogen) atoms. The van der Waals surface area contributed by atoms with E-state index < -0.39 is 0 Å². The van der Waals surface area contributed by atoms with Crippen LogP contribution < -0.4 is 14.8 Å². The van der Waals surface area contributed by atoms with Crippen molar-refractivity contribution in [2.45, 2.75) is 18.0 Å². The predicted molar refractivity (Wildman–Crippen MR) is 126 cm³/mol. The largest absolute Gasteiger partial charge is 0.493 e. The van der Waals surface area contributed by atoms with Crippen molar-refractivity contribution in [2.24, 2.45) is 0 Å². The van der Waals surface area contributed by atoms with Gasteiger partial charge in [0, 0.05) is 6.54 Å². The topological polar surface area (TPSA) is 104 Å². The first kappa shape index (κ1) is 22.5. The Balaban J connectivity index is 1.31. The minimum absolute atomic E-state index is 0.0797. The number of nitrogens with one attached hydrogen (secondary N) is 1. The Morgan fingerprint density at radius 3 is 2.64 bits per heavy atom. The van der Waals surface area contributed by atoms with Gasteiger partial charge in [-0.05, 0) is 29.7 Å². The number of hydrogen-bond acceptors (Lipinski definition) is 8. The molecule has 0 radical (unpaired) electrons. The van der Waals surface area contributed by atoms with E-state index in [2.05, 4.69) is 25.6 Å². The fraction of sp³-hybridized carbons (Fsp3) is 0.261. The average Bonchev–Trinajstić information content (AvgIpc) is 3.26. The van der Waals surface area contributed by atoms with Crippen LogP contribution in [0.4, 0.5) is 0 Å². The van der Waals surface area contributed by atoms with Gasteiger partial charge in [-0.25, -0.2) is 14.6 Å². The third-order valence-corrected chi connectivity index (χ3v) is 5.94. The van der Waals surface area contributed by atoms with Crippen LogP contribution in [0.1, 0.15) is 11.1 Å². The summed E-state index contributed by atoms with van der Waals surface area (Å²) in [5.74, 6) is 1.50. The van der Waals surface area contributed by atoms with Crippen LogP contribution >= 0.6 is 11.8 Å². The Morgan fingerprint density at radius 1 is 1.03 bits per heavy atom. The van der Waals surface area contributed by atoms with Crippen molar-refractivity contribution in [2.75, 3.05) is 26.5 Å². The fourth-order valence-electron chi connectivity index (χ4n) is 3.31. The molecule has 2 aromatic carbocycles. The standard InChI is InChI=1S/C23H24N6O3S/c1-31-18-9-8-16(12-19(18)32-2)10-11-24-20(30)14-33-23-21-22(25-15-26-23)29(28-27-21)13-17-6-4-3-5-7-17/h3-9,12,15H,10-11,13-14H2,1-2H3,(H,24,30). The SMILES string of the molecule is COc1ccc(CCNC(=O)CSc2ncnc3c2nnn3Cc2ccccc2)cc1OC. The lowest BCUT2D eigenvalue weighted by atomic mass is 10.1. The molecule has 0 atom stereocenters. The first-order chi connectivity index (χ1) is 16.2. The molecule has 170 valence electrons. The van der Waals surface area contributed by atoms with Crippen LogP contribution in [-0.2, 0) is 17.8 Å². The molecule has 0 saturated carbocycles. The zero-order valence-electron chi connectivity index (χ0n) is 18.4. The second-order valence-electron chi connectivity index (χ2n) is 7.16. The number of hydrogen-bond donors (Lipinski definition) is 1. The Kier molecular flexibility index (Phi) is 7.36. The normalized spacial score (nSPS) is 10.8. The molecular weight excluding hydrogens is 440 g/mol. The van der Waals surface area contributed by atoms with E-state index >= 15 is 0 Å². The molecule has 0 saturated heterocycles. The summed E-state index contributed by atoms with van der Waals surface area (Å²) in [6.45, 7) is 1.08. The fourth-order valence-corrected chi connectivity index (χ4v) is 4.07. The first-order valence-electron chi connectivity index (χ1n) is 10.4. The van der Waals surface area contributed by atoms with Crippen molar-refractivity contribution in [3.05, 3.63) is 66.0 Å². The summed E-state index contributed by atoms with van der Waals surface area (Å²) < 4.78 is 12.3. The van der Waals surface area contributed by atoms with E-state index in [1.807, 2.05) is 48.5 Å². The summed E-state index contributed by atoms with van der Waals surface area (Å²) in [6, 6.07) is 15.7. The molecule has 2 aromatic heterocycles. The van der Waals surface area contributed by atoms with E-state index in [0.717, 1.165) is 11.1 Å². The smallest absolute Gasteiger partial charge is 0.230 e. The Hall–Kier alpha value is -3.66. The van der Waals surface area contributed by atoms with E-state index in [1.165, 1.54) is 18.1 Å². The third-order valence-electron chi connectivity index (χ3n) is 4.97. The van der Waals surface area contributed by atoms with Gasteiger partial charge in [-0.3, -0.25) is 4.79 Å². The number of amides is 1. The van der Waals surface area contributed by atoms with Gasteiger partial charge in [0.25, 0.3) is 0 Å². The van der Waals surface area contributed by atoms with E-state index in [4.69, 9.17) is 9.47 Å². The van der Waals surface area contributed by atoms with Gasteiger partial charge in [0.2, 0.25) is 5.91 Å². The Morgan fingerprint density at radius 2 is 1.85 bits per heavy atom. The molecule has 10 heteroatoms. The number of nitrogens with zero attached hydrogens (tertiary/aromatic N) is 5. The van der Waals surface area contributed by atoms with E-state index in [0.29, 0.717) is 47.2 Å². The number of fused-ring (bicyclic) bond motifs is 1. The van der Waals surface area contributed by atoms with Crippen LogP contribution in [0.5, 0.6) is 11.5 Å². The van der Waals surface area contributed by atoms with Crippen molar-refractivity contribution < 1.29 is 14.3 Å². The number of rotatable bonds is 10. The molecule has 1 N–H and O–H groups in total. The molecule has 0 unspecified atom stereocenters. The van der Waals surface area contributed by atoms with Crippen molar-refractivity contribution in [1.82, 2.24) is 30.3 Å². The van der Waals surface area contributed by atoms with Crippen molar-refractivity contribution in [3.8, 4) is 11.5 Å². The van der Waals surface area contributed by atoms with Gasteiger partial charge in [-0.1, -0.05) is 53.4 Å². The van der Waals surface area contributed by atoms with Crippen LogP contribution in [0, 0.1) is 0 Å². The number of carbonyl (C=O) groups is 1. The molecular formula is C23H24N6O3S. The zero-order chi connectivity index (χ0) is 23.0. The molecule has 4 rings (SSSR count). The predicted octanol–water partition coefficient (Wildman–Crippen LogP) is 2.74. The first-order valence-corrected chi connectivity index (χ1v) is 11.3. The molecule has 0 aliphatic rings. The van der Waals surface area contributed by atoms with Gasteiger partial charge < -0.3 is 14.8 Å². The van der Waals surface area contributed by atoms with Crippen molar-refractivity contribution >= 4 is 28.8 Å². The molecule has 0 aliphatic heterocycles. The Labute approximate surface area is 195 Å². The molecule has 0 aliphatic carbocycles. The van der Waals surface area contributed by atoms with E-state index in [-0.39, 0.29) is 11.7 Å². The lowest BCUT2D eigenvalue weighted by Gasteiger charge is -2.10. The Bertz CT molecular complexity index is 1230. The van der Waals surface area contributed by atoms with Crippen LogP contribution in [0.25, 0.3) is 11.2 Å². The number of aromatic nitrogens is 5. The number of thioether (sulfide) groups is 1. The third kappa shape index (κ3) is 5.58. The summed E-state index contributed by atoms with van der Waals surface area (Å²) >= 11 is 1.32. The van der Waals surface area contributed by atoms with Crippen molar-refractivity contribution in [3.63, 3.8) is 0 Å². The maximum Gasteiger partial charge on any atom is 0.230 e. The highest BCUT2D eigenvalue weighted by atomic mass is 32.2. The molecule has 0 fully saturated rings. The summed E-state index contributed by atoms with van der Waals surface area (Å²) in [4.78, 5) is 21.0. The quantitative estimate of drug-likeness (QED) is 0.282. The van der Waals surface area contributed by atoms with Crippen LogP contribution in [0.15, 0.2) is 59.9 Å². The molecule has 1 amide bonds. The monoisotopic (exact) mass is 464 g/mol. The summed E-state index contributed by atoms with van der Waals surface area (Å²) in [6.07, 6.45) is 2.16. The molecule has 4 aromatic rings.